The Kier molecular flexibility index (Phi) is 8.07. The number of guanidine groups is 1. The van der Waals surface area contributed by atoms with Gasteiger partial charge in [0.2, 0.25) is 0 Å². The summed E-state index contributed by atoms with van der Waals surface area (Å²) in [4.78, 5) is 7.22. The molecule has 1 saturated heterocycles. The Balaban J connectivity index is 1.65. The lowest BCUT2D eigenvalue weighted by Crippen LogP contribution is -2.40. The molecule has 1 fully saturated rings. The number of ether oxygens (including phenoxy) is 2. The van der Waals surface area contributed by atoms with Crippen LogP contribution in [0.15, 0.2) is 29.3 Å². The summed E-state index contributed by atoms with van der Waals surface area (Å²) < 4.78 is 12.7. The van der Waals surface area contributed by atoms with Crippen LogP contribution in [-0.4, -0.2) is 65.6 Å². The van der Waals surface area contributed by atoms with Gasteiger partial charge in [-0.1, -0.05) is 12.1 Å². The molecule has 8 heteroatoms. The molecule has 2 aromatic rings. The zero-order valence-corrected chi connectivity index (χ0v) is 18.6. The topological polar surface area (TPSA) is 76.8 Å². The highest BCUT2D eigenvalue weighted by molar-refractivity contribution is 5.80. The van der Waals surface area contributed by atoms with E-state index in [2.05, 4.69) is 32.5 Å². The first-order valence-corrected chi connectivity index (χ1v) is 10.7. The Morgan fingerprint density at radius 1 is 1.27 bits per heavy atom. The molecule has 0 radical (unpaired) electrons. The first-order valence-electron chi connectivity index (χ1n) is 10.7. The summed E-state index contributed by atoms with van der Waals surface area (Å²) in [5, 5.41) is 11.9. The number of hydrogen-bond acceptors (Lipinski definition) is 5. The van der Waals surface area contributed by atoms with Gasteiger partial charge in [0.25, 0.3) is 0 Å². The number of nitrogens with one attached hydrogen (secondary N) is 1. The van der Waals surface area contributed by atoms with Crippen molar-refractivity contribution in [3.05, 3.63) is 41.5 Å². The van der Waals surface area contributed by atoms with Gasteiger partial charge < -0.3 is 24.3 Å². The molecule has 1 aromatic carbocycles. The summed E-state index contributed by atoms with van der Waals surface area (Å²) in [6.45, 7) is 8.75. The van der Waals surface area contributed by atoms with Crippen molar-refractivity contribution < 1.29 is 9.47 Å². The lowest BCUT2D eigenvalue weighted by molar-refractivity contribution is 0.145. The number of methoxy groups -OCH3 is 1. The number of aromatic nitrogens is 3. The third-order valence-corrected chi connectivity index (χ3v) is 5.58. The fraction of sp³-hybridized carbons (Fsp3) is 0.591. The maximum absolute atomic E-state index is 5.46. The second-order valence-electron chi connectivity index (χ2n) is 7.54. The molecule has 8 nitrogen and oxygen atoms in total. The van der Waals surface area contributed by atoms with Crippen LogP contribution >= 0.6 is 0 Å². The van der Waals surface area contributed by atoms with Crippen LogP contribution in [0.5, 0.6) is 5.75 Å². The highest BCUT2D eigenvalue weighted by Crippen LogP contribution is 2.28. The SMILES string of the molecule is CCOCCCNC(=NCc1nnc(C)n1C)N1CCC(c2ccc(OC)cc2)C1. The van der Waals surface area contributed by atoms with Crippen LogP contribution in [-0.2, 0) is 18.3 Å². The van der Waals surface area contributed by atoms with Gasteiger partial charge in [0, 0.05) is 45.8 Å². The highest BCUT2D eigenvalue weighted by atomic mass is 16.5. The summed E-state index contributed by atoms with van der Waals surface area (Å²) >= 11 is 0. The minimum Gasteiger partial charge on any atom is -0.497 e. The zero-order valence-electron chi connectivity index (χ0n) is 18.6. The van der Waals surface area contributed by atoms with E-state index in [1.165, 1.54) is 5.56 Å². The van der Waals surface area contributed by atoms with E-state index < -0.39 is 0 Å². The maximum atomic E-state index is 5.46. The summed E-state index contributed by atoms with van der Waals surface area (Å²) in [5.74, 6) is 4.08. The third-order valence-electron chi connectivity index (χ3n) is 5.58. The van der Waals surface area contributed by atoms with Crippen LogP contribution in [0.2, 0.25) is 0 Å². The van der Waals surface area contributed by atoms with Gasteiger partial charge in [-0.05, 0) is 44.4 Å². The largest absolute Gasteiger partial charge is 0.497 e. The second kappa shape index (κ2) is 11.0. The van der Waals surface area contributed by atoms with Gasteiger partial charge in [-0.3, -0.25) is 0 Å². The molecule has 0 amide bonds. The zero-order chi connectivity index (χ0) is 21.3. The van der Waals surface area contributed by atoms with Crippen molar-refractivity contribution in [2.24, 2.45) is 12.0 Å². The van der Waals surface area contributed by atoms with E-state index in [1.807, 2.05) is 37.6 Å². The number of hydrogen-bond donors (Lipinski definition) is 1. The van der Waals surface area contributed by atoms with Gasteiger partial charge in [-0.25, -0.2) is 4.99 Å². The summed E-state index contributed by atoms with van der Waals surface area (Å²) in [6.07, 6.45) is 2.06. The number of nitrogens with zero attached hydrogens (tertiary/aromatic N) is 5. The normalized spacial score (nSPS) is 16.9. The summed E-state index contributed by atoms with van der Waals surface area (Å²) in [7, 11) is 3.68. The Morgan fingerprint density at radius 3 is 2.73 bits per heavy atom. The third kappa shape index (κ3) is 5.72. The van der Waals surface area contributed by atoms with Crippen molar-refractivity contribution in [1.29, 1.82) is 0 Å². The van der Waals surface area contributed by atoms with Crippen LogP contribution in [0.3, 0.4) is 0 Å². The van der Waals surface area contributed by atoms with Crippen molar-refractivity contribution in [1.82, 2.24) is 25.0 Å². The minimum absolute atomic E-state index is 0.489. The fourth-order valence-electron chi connectivity index (χ4n) is 3.62. The molecular weight excluding hydrogens is 380 g/mol. The van der Waals surface area contributed by atoms with E-state index >= 15 is 0 Å². The molecule has 1 N–H and O–H groups in total. The molecule has 2 heterocycles. The van der Waals surface area contributed by atoms with Crippen molar-refractivity contribution in [3.63, 3.8) is 0 Å². The monoisotopic (exact) mass is 414 g/mol. The van der Waals surface area contributed by atoms with Crippen molar-refractivity contribution in [2.45, 2.75) is 39.2 Å². The van der Waals surface area contributed by atoms with Crippen LogP contribution in [0.1, 0.15) is 42.9 Å². The van der Waals surface area contributed by atoms with Gasteiger partial charge >= 0.3 is 0 Å². The van der Waals surface area contributed by atoms with E-state index in [0.29, 0.717) is 12.5 Å². The van der Waals surface area contributed by atoms with Crippen LogP contribution < -0.4 is 10.1 Å². The molecule has 1 aliphatic heterocycles. The number of likely N-dealkylation sites (tertiary alicyclic amines) is 1. The van der Waals surface area contributed by atoms with Gasteiger partial charge in [-0.2, -0.15) is 0 Å². The summed E-state index contributed by atoms with van der Waals surface area (Å²) in [6, 6.07) is 8.41. The molecule has 3 rings (SSSR count). The Hall–Kier alpha value is -2.61. The fourth-order valence-corrected chi connectivity index (χ4v) is 3.62. The number of rotatable bonds is 9. The van der Waals surface area contributed by atoms with E-state index in [-0.39, 0.29) is 0 Å². The average Bonchev–Trinajstić information content (AvgIpc) is 3.38. The Bertz CT molecular complexity index is 818. The molecule has 1 aromatic heterocycles. The van der Waals surface area contributed by atoms with Crippen LogP contribution in [0.4, 0.5) is 0 Å². The molecule has 1 aliphatic rings. The second-order valence-corrected chi connectivity index (χ2v) is 7.54. The predicted molar refractivity (Wildman–Crippen MR) is 118 cm³/mol. The van der Waals surface area contributed by atoms with E-state index in [9.17, 15) is 0 Å². The smallest absolute Gasteiger partial charge is 0.194 e. The predicted octanol–water partition coefficient (Wildman–Crippen LogP) is 2.49. The molecule has 1 unspecified atom stereocenters. The molecule has 0 aliphatic carbocycles. The summed E-state index contributed by atoms with van der Waals surface area (Å²) in [5.41, 5.74) is 1.35. The lowest BCUT2D eigenvalue weighted by Gasteiger charge is -2.22. The number of aryl methyl sites for hydroxylation is 1. The highest BCUT2D eigenvalue weighted by Gasteiger charge is 2.26. The van der Waals surface area contributed by atoms with Crippen LogP contribution in [0, 0.1) is 6.92 Å². The van der Waals surface area contributed by atoms with Crippen LogP contribution in [0.25, 0.3) is 0 Å². The van der Waals surface area contributed by atoms with Crippen molar-refractivity contribution in [3.8, 4) is 5.75 Å². The average molecular weight is 415 g/mol. The molecule has 0 saturated carbocycles. The Labute approximate surface area is 179 Å². The van der Waals surface area contributed by atoms with Gasteiger partial charge in [0.1, 0.15) is 18.1 Å². The quantitative estimate of drug-likeness (QED) is 0.386. The molecule has 1 atom stereocenters. The van der Waals surface area contributed by atoms with Gasteiger partial charge in [-0.15, -0.1) is 10.2 Å². The molecular formula is C22H34N6O2. The minimum atomic E-state index is 0.489. The lowest BCUT2D eigenvalue weighted by atomic mass is 9.98. The first kappa shape index (κ1) is 22.1. The number of benzene rings is 1. The molecule has 30 heavy (non-hydrogen) atoms. The molecule has 164 valence electrons. The van der Waals surface area contributed by atoms with Crippen molar-refractivity contribution >= 4 is 5.96 Å². The number of aliphatic imine (C=N–C) groups is 1. The first-order chi connectivity index (χ1) is 14.6. The van der Waals surface area contributed by atoms with E-state index in [1.54, 1.807) is 7.11 Å². The Morgan fingerprint density at radius 2 is 2.07 bits per heavy atom. The standard InChI is InChI=1S/C22H34N6O2/c1-5-30-14-6-12-23-22(24-15-21-26-25-17(2)27(21)3)28-13-11-19(16-28)18-7-9-20(29-4)10-8-18/h7-10,19H,5-6,11-16H2,1-4H3,(H,23,24). The van der Waals surface area contributed by atoms with Gasteiger partial charge in [0.05, 0.1) is 7.11 Å². The molecule has 0 spiro atoms. The molecule has 0 bridgehead atoms. The van der Waals surface area contributed by atoms with Crippen molar-refractivity contribution in [2.75, 3.05) is 40.0 Å². The van der Waals surface area contributed by atoms with Gasteiger partial charge in [0.15, 0.2) is 11.8 Å². The maximum Gasteiger partial charge on any atom is 0.194 e. The van der Waals surface area contributed by atoms with E-state index in [0.717, 1.165) is 69.0 Å². The van der Waals surface area contributed by atoms with E-state index in [4.69, 9.17) is 14.5 Å².